The maximum atomic E-state index is 12.1. The van der Waals surface area contributed by atoms with Crippen LogP contribution in [0.5, 0.6) is 0 Å². The van der Waals surface area contributed by atoms with E-state index in [1.807, 2.05) is 13.0 Å². The molecule has 1 aliphatic heterocycles. The number of carbonyl (C=O) groups is 1. The van der Waals surface area contributed by atoms with E-state index in [2.05, 4.69) is 17.0 Å². The average Bonchev–Trinajstić information content (AvgIpc) is 2.43. The number of carbonyl (C=O) groups excluding carboxylic acids is 1. The molecular formula is C16H22N2O. The van der Waals surface area contributed by atoms with Gasteiger partial charge in [-0.1, -0.05) is 13.0 Å². The zero-order valence-corrected chi connectivity index (χ0v) is 11.6. The van der Waals surface area contributed by atoms with E-state index >= 15 is 0 Å². The number of rotatable bonds is 1. The van der Waals surface area contributed by atoms with Crippen LogP contribution in [-0.4, -0.2) is 23.4 Å². The SMILES string of the molecule is CCC(=O)N1CCCC2Cc3ccc(N)cc3CC21. The maximum absolute atomic E-state index is 12.1. The highest BCUT2D eigenvalue weighted by Crippen LogP contribution is 2.35. The molecule has 0 aromatic heterocycles. The van der Waals surface area contributed by atoms with Gasteiger partial charge >= 0.3 is 0 Å². The molecule has 1 fully saturated rings. The van der Waals surface area contributed by atoms with Crippen molar-refractivity contribution in [3.63, 3.8) is 0 Å². The Morgan fingerprint density at radius 1 is 1.37 bits per heavy atom. The molecule has 2 N–H and O–H groups in total. The summed E-state index contributed by atoms with van der Waals surface area (Å²) in [5.74, 6) is 0.947. The molecule has 2 atom stereocenters. The van der Waals surface area contributed by atoms with Crippen molar-refractivity contribution in [2.24, 2.45) is 5.92 Å². The van der Waals surface area contributed by atoms with E-state index in [1.54, 1.807) is 0 Å². The van der Waals surface area contributed by atoms with Gasteiger partial charge < -0.3 is 10.6 Å². The van der Waals surface area contributed by atoms with E-state index in [-0.39, 0.29) is 0 Å². The van der Waals surface area contributed by atoms with Crippen LogP contribution in [0.2, 0.25) is 0 Å². The highest BCUT2D eigenvalue weighted by atomic mass is 16.2. The molecule has 1 amide bonds. The number of piperidine rings is 1. The molecule has 3 heteroatoms. The van der Waals surface area contributed by atoms with Crippen LogP contribution in [0.4, 0.5) is 5.69 Å². The van der Waals surface area contributed by atoms with Crippen LogP contribution in [0, 0.1) is 5.92 Å². The third-order valence-corrected chi connectivity index (χ3v) is 4.68. The van der Waals surface area contributed by atoms with Crippen LogP contribution in [-0.2, 0) is 17.6 Å². The largest absolute Gasteiger partial charge is 0.399 e. The lowest BCUT2D eigenvalue weighted by atomic mass is 9.75. The zero-order chi connectivity index (χ0) is 13.4. The molecule has 2 aliphatic rings. The summed E-state index contributed by atoms with van der Waals surface area (Å²) in [6.07, 6.45) is 5.11. The van der Waals surface area contributed by atoms with Gasteiger partial charge in [0.1, 0.15) is 0 Å². The quantitative estimate of drug-likeness (QED) is 0.786. The summed E-state index contributed by atoms with van der Waals surface area (Å²) < 4.78 is 0. The fourth-order valence-corrected chi connectivity index (χ4v) is 3.71. The van der Waals surface area contributed by atoms with Gasteiger partial charge in [0.2, 0.25) is 5.91 Å². The number of nitrogens with two attached hydrogens (primary N) is 1. The van der Waals surface area contributed by atoms with Crippen molar-refractivity contribution < 1.29 is 4.79 Å². The van der Waals surface area contributed by atoms with Gasteiger partial charge in [0.25, 0.3) is 0 Å². The van der Waals surface area contributed by atoms with Crippen molar-refractivity contribution in [3.05, 3.63) is 29.3 Å². The Morgan fingerprint density at radius 2 is 2.21 bits per heavy atom. The first-order valence-electron chi connectivity index (χ1n) is 7.35. The third-order valence-electron chi connectivity index (χ3n) is 4.68. The molecule has 102 valence electrons. The maximum Gasteiger partial charge on any atom is 0.222 e. The van der Waals surface area contributed by atoms with Crippen molar-refractivity contribution >= 4 is 11.6 Å². The second-order valence-electron chi connectivity index (χ2n) is 5.85. The summed E-state index contributed by atoms with van der Waals surface area (Å²) in [5.41, 5.74) is 9.50. The average molecular weight is 258 g/mol. The molecule has 0 spiro atoms. The normalized spacial score (nSPS) is 25.6. The van der Waals surface area contributed by atoms with Crippen molar-refractivity contribution in [1.29, 1.82) is 0 Å². The Bertz CT molecular complexity index is 498. The van der Waals surface area contributed by atoms with Gasteiger partial charge in [0, 0.05) is 24.7 Å². The number of nitrogens with zero attached hydrogens (tertiary/aromatic N) is 1. The van der Waals surface area contributed by atoms with Crippen molar-refractivity contribution in [3.8, 4) is 0 Å². The molecule has 1 aliphatic carbocycles. The minimum atomic E-state index is 0.307. The summed E-state index contributed by atoms with van der Waals surface area (Å²) in [5, 5.41) is 0. The molecule has 3 nitrogen and oxygen atoms in total. The molecule has 1 aromatic carbocycles. The first kappa shape index (κ1) is 12.5. The fourth-order valence-electron chi connectivity index (χ4n) is 3.71. The Labute approximate surface area is 114 Å². The van der Waals surface area contributed by atoms with Gasteiger partial charge in [-0.25, -0.2) is 0 Å². The minimum Gasteiger partial charge on any atom is -0.399 e. The van der Waals surface area contributed by atoms with Crippen molar-refractivity contribution in [1.82, 2.24) is 4.90 Å². The van der Waals surface area contributed by atoms with Gasteiger partial charge in [-0.3, -0.25) is 4.79 Å². The summed E-state index contributed by atoms with van der Waals surface area (Å²) in [4.78, 5) is 14.2. The number of benzene rings is 1. The first-order valence-corrected chi connectivity index (χ1v) is 7.35. The van der Waals surface area contributed by atoms with Crippen LogP contribution < -0.4 is 5.73 Å². The van der Waals surface area contributed by atoms with Crippen LogP contribution in [0.1, 0.15) is 37.3 Å². The summed E-state index contributed by atoms with van der Waals surface area (Å²) in [6.45, 7) is 2.90. The van der Waals surface area contributed by atoms with Crippen LogP contribution in [0.3, 0.4) is 0 Å². The summed E-state index contributed by atoms with van der Waals surface area (Å²) >= 11 is 0. The lowest BCUT2D eigenvalue weighted by Gasteiger charge is -2.44. The van der Waals surface area contributed by atoms with Gasteiger partial charge in [-0.05, 0) is 54.9 Å². The lowest BCUT2D eigenvalue weighted by molar-refractivity contribution is -0.136. The number of fused-ring (bicyclic) bond motifs is 2. The number of hydrogen-bond donors (Lipinski definition) is 1. The number of amides is 1. The highest BCUT2D eigenvalue weighted by Gasteiger charge is 2.36. The number of likely N-dealkylation sites (tertiary alicyclic amines) is 1. The van der Waals surface area contributed by atoms with E-state index in [1.165, 1.54) is 17.5 Å². The van der Waals surface area contributed by atoms with Gasteiger partial charge in [-0.15, -0.1) is 0 Å². The molecule has 0 bridgehead atoms. The van der Waals surface area contributed by atoms with Crippen LogP contribution >= 0.6 is 0 Å². The summed E-state index contributed by atoms with van der Waals surface area (Å²) in [6, 6.07) is 6.66. The van der Waals surface area contributed by atoms with E-state index in [9.17, 15) is 4.79 Å². The number of hydrogen-bond acceptors (Lipinski definition) is 2. The molecule has 0 radical (unpaired) electrons. The van der Waals surface area contributed by atoms with Crippen molar-refractivity contribution in [2.75, 3.05) is 12.3 Å². The van der Waals surface area contributed by atoms with Gasteiger partial charge in [-0.2, -0.15) is 0 Å². The molecule has 3 rings (SSSR count). The monoisotopic (exact) mass is 258 g/mol. The summed E-state index contributed by atoms with van der Waals surface area (Å²) in [7, 11) is 0. The topological polar surface area (TPSA) is 46.3 Å². The fraction of sp³-hybridized carbons (Fsp3) is 0.562. The van der Waals surface area contributed by atoms with Crippen LogP contribution in [0.15, 0.2) is 18.2 Å². The van der Waals surface area contributed by atoms with Gasteiger partial charge in [0.15, 0.2) is 0 Å². The Hall–Kier alpha value is -1.51. The van der Waals surface area contributed by atoms with Crippen molar-refractivity contribution in [2.45, 2.75) is 45.1 Å². The molecule has 1 heterocycles. The Balaban J connectivity index is 1.90. The molecule has 1 saturated heterocycles. The van der Waals surface area contributed by atoms with Gasteiger partial charge in [0.05, 0.1) is 0 Å². The number of anilines is 1. The highest BCUT2D eigenvalue weighted by molar-refractivity contribution is 5.76. The standard InChI is InChI=1S/C16H22N2O/c1-2-16(19)18-7-3-4-12-8-11-5-6-14(17)9-13(11)10-15(12)18/h5-6,9,12,15H,2-4,7-8,10,17H2,1H3. The Morgan fingerprint density at radius 3 is 3.00 bits per heavy atom. The van der Waals surface area contributed by atoms with E-state index < -0.39 is 0 Å². The first-order chi connectivity index (χ1) is 9.19. The van der Waals surface area contributed by atoms with E-state index in [4.69, 9.17) is 5.73 Å². The predicted molar refractivity (Wildman–Crippen MR) is 76.8 cm³/mol. The second kappa shape index (κ2) is 4.87. The molecule has 2 unspecified atom stereocenters. The predicted octanol–water partition coefficient (Wildman–Crippen LogP) is 2.38. The third kappa shape index (κ3) is 2.22. The Kier molecular flexibility index (Phi) is 3.21. The number of nitrogen functional groups attached to an aromatic ring is 1. The molecular weight excluding hydrogens is 236 g/mol. The van der Waals surface area contributed by atoms with E-state index in [0.717, 1.165) is 31.5 Å². The minimum absolute atomic E-state index is 0.307. The smallest absolute Gasteiger partial charge is 0.222 e. The van der Waals surface area contributed by atoms with Crippen LogP contribution in [0.25, 0.3) is 0 Å². The molecule has 1 aromatic rings. The zero-order valence-electron chi connectivity index (χ0n) is 11.6. The molecule has 0 saturated carbocycles. The lowest BCUT2D eigenvalue weighted by Crippen LogP contribution is -2.51. The molecule has 19 heavy (non-hydrogen) atoms. The van der Waals surface area contributed by atoms with E-state index in [0.29, 0.717) is 24.3 Å². The second-order valence-corrected chi connectivity index (χ2v) is 5.85.